The number of carbonyl (C=O) groups excluding carboxylic acids is 3. The summed E-state index contributed by atoms with van der Waals surface area (Å²) in [5, 5.41) is 3.73. The van der Waals surface area contributed by atoms with E-state index in [0.29, 0.717) is 18.5 Å². The van der Waals surface area contributed by atoms with Crippen LogP contribution in [0.15, 0.2) is 10.2 Å². The molecule has 1 spiro atoms. The van der Waals surface area contributed by atoms with E-state index in [0.717, 1.165) is 16.2 Å². The molecule has 94 valence electrons. The van der Waals surface area contributed by atoms with Crippen LogP contribution < -0.4 is 10.2 Å². The highest BCUT2D eigenvalue weighted by Crippen LogP contribution is 2.49. The number of imide groups is 2. The second kappa shape index (κ2) is 3.52. The molecule has 3 rings (SSSR count). The summed E-state index contributed by atoms with van der Waals surface area (Å²) in [5.41, 5.74) is -0.553. The molecule has 0 atom stereocenters. The number of aromatic nitrogens is 1. The number of aromatic amines is 1. The van der Waals surface area contributed by atoms with Gasteiger partial charge in [0, 0.05) is 11.1 Å². The number of barbiturate groups is 1. The quantitative estimate of drug-likeness (QED) is 0.724. The number of amides is 4. The molecule has 1 aromatic rings. The van der Waals surface area contributed by atoms with Gasteiger partial charge in [0.1, 0.15) is 5.41 Å². The summed E-state index contributed by atoms with van der Waals surface area (Å²) < 4.78 is 0. The van der Waals surface area contributed by atoms with Crippen molar-refractivity contribution in [1.82, 2.24) is 15.2 Å². The molecule has 2 N–H and O–H groups in total. The Morgan fingerprint density at radius 2 is 2.00 bits per heavy atom. The largest absolute Gasteiger partial charge is 0.331 e. The maximum atomic E-state index is 12.1. The zero-order valence-corrected chi connectivity index (χ0v) is 10.0. The Bertz CT molecular complexity index is 613. The van der Waals surface area contributed by atoms with E-state index in [2.05, 4.69) is 10.3 Å². The molecule has 0 radical (unpaired) electrons. The number of nitrogens with zero attached hydrogens (tertiary/aromatic N) is 1. The number of hydrogen-bond acceptors (Lipinski definition) is 5. The standard InChI is InChI=1S/C10H9N3O4S/c14-6-10(1-2-10)7(15)13(8(16)12-6)3-5-4-18-9(17)11-5/h4H,1-3H2,(H,11,17)(H,12,14,16). The van der Waals surface area contributed by atoms with Gasteiger partial charge in [0.15, 0.2) is 0 Å². The van der Waals surface area contributed by atoms with Crippen molar-refractivity contribution in [3.63, 3.8) is 0 Å². The van der Waals surface area contributed by atoms with Crippen LogP contribution in [0.5, 0.6) is 0 Å². The Labute approximate surface area is 105 Å². The SMILES string of the molecule is O=C1NC(=O)C2(CC2)C(=O)N1Cc1csc(=O)[nH]1. The van der Waals surface area contributed by atoms with Gasteiger partial charge in [-0.3, -0.25) is 24.6 Å². The molecular formula is C10H9N3O4S. The van der Waals surface area contributed by atoms with E-state index in [1.807, 2.05) is 0 Å². The minimum atomic E-state index is -1.04. The van der Waals surface area contributed by atoms with Crippen molar-refractivity contribution in [1.29, 1.82) is 0 Å². The van der Waals surface area contributed by atoms with Crippen LogP contribution in [-0.2, 0) is 16.1 Å². The van der Waals surface area contributed by atoms with Crippen LogP contribution in [0.25, 0.3) is 0 Å². The summed E-state index contributed by atoms with van der Waals surface area (Å²) in [7, 11) is 0. The van der Waals surface area contributed by atoms with Crippen molar-refractivity contribution >= 4 is 29.2 Å². The van der Waals surface area contributed by atoms with Gasteiger partial charge < -0.3 is 4.98 Å². The first-order valence-corrected chi connectivity index (χ1v) is 6.25. The molecular weight excluding hydrogens is 258 g/mol. The topological polar surface area (TPSA) is 99.3 Å². The molecule has 1 saturated carbocycles. The molecule has 1 aliphatic heterocycles. The summed E-state index contributed by atoms with van der Waals surface area (Å²) in [4.78, 5) is 49.5. The maximum Gasteiger partial charge on any atom is 0.331 e. The molecule has 1 aromatic heterocycles. The average molecular weight is 267 g/mol. The summed E-state index contributed by atoms with van der Waals surface area (Å²) in [6.45, 7) is -0.0154. The minimum Gasteiger partial charge on any atom is -0.315 e. The number of rotatable bonds is 2. The Morgan fingerprint density at radius 1 is 1.28 bits per heavy atom. The molecule has 1 saturated heterocycles. The smallest absolute Gasteiger partial charge is 0.315 e. The van der Waals surface area contributed by atoms with Gasteiger partial charge in [-0.25, -0.2) is 4.79 Å². The Hall–Kier alpha value is -1.96. The first kappa shape index (κ1) is 11.1. The predicted octanol–water partition coefficient (Wildman–Crippen LogP) is -0.205. The van der Waals surface area contributed by atoms with Gasteiger partial charge in [0.25, 0.3) is 0 Å². The second-order valence-electron chi connectivity index (χ2n) is 4.41. The van der Waals surface area contributed by atoms with Crippen molar-refractivity contribution in [3.05, 3.63) is 20.7 Å². The van der Waals surface area contributed by atoms with Gasteiger partial charge in [0.05, 0.1) is 6.54 Å². The zero-order chi connectivity index (χ0) is 12.9. The van der Waals surface area contributed by atoms with Crippen LogP contribution in [0.2, 0.25) is 0 Å². The normalized spacial score (nSPS) is 21.3. The number of hydrogen-bond donors (Lipinski definition) is 2. The molecule has 2 fully saturated rings. The van der Waals surface area contributed by atoms with E-state index in [1.54, 1.807) is 5.38 Å². The molecule has 0 aromatic carbocycles. The molecule has 1 aliphatic carbocycles. The summed E-state index contributed by atoms with van der Waals surface area (Å²) in [5.74, 6) is -0.976. The lowest BCUT2D eigenvalue weighted by Crippen LogP contribution is -2.58. The molecule has 18 heavy (non-hydrogen) atoms. The van der Waals surface area contributed by atoms with E-state index >= 15 is 0 Å². The highest BCUT2D eigenvalue weighted by Gasteiger charge is 2.62. The maximum absolute atomic E-state index is 12.1. The molecule has 2 aliphatic rings. The third kappa shape index (κ3) is 1.49. The van der Waals surface area contributed by atoms with E-state index in [4.69, 9.17) is 0 Å². The first-order valence-electron chi connectivity index (χ1n) is 5.37. The van der Waals surface area contributed by atoms with Crippen molar-refractivity contribution in [2.75, 3.05) is 0 Å². The first-order chi connectivity index (χ1) is 8.53. The zero-order valence-electron chi connectivity index (χ0n) is 9.19. The third-order valence-electron chi connectivity index (χ3n) is 3.20. The van der Waals surface area contributed by atoms with E-state index in [1.165, 1.54) is 0 Å². The van der Waals surface area contributed by atoms with Gasteiger partial charge >= 0.3 is 10.9 Å². The van der Waals surface area contributed by atoms with Crippen molar-refractivity contribution < 1.29 is 14.4 Å². The predicted molar refractivity (Wildman–Crippen MR) is 60.7 cm³/mol. The van der Waals surface area contributed by atoms with Crippen LogP contribution >= 0.6 is 11.3 Å². The fraction of sp³-hybridized carbons (Fsp3) is 0.400. The number of nitrogens with one attached hydrogen (secondary N) is 2. The van der Waals surface area contributed by atoms with Crippen LogP contribution in [0.3, 0.4) is 0 Å². The fourth-order valence-electron chi connectivity index (χ4n) is 2.00. The Balaban J connectivity index is 1.87. The monoisotopic (exact) mass is 267 g/mol. The van der Waals surface area contributed by atoms with Crippen molar-refractivity contribution in [2.45, 2.75) is 19.4 Å². The number of carbonyl (C=O) groups is 3. The van der Waals surface area contributed by atoms with Gasteiger partial charge in [-0.05, 0) is 12.8 Å². The van der Waals surface area contributed by atoms with Crippen LogP contribution in [0.1, 0.15) is 18.5 Å². The lowest BCUT2D eigenvalue weighted by molar-refractivity contribution is -0.145. The molecule has 2 heterocycles. The van der Waals surface area contributed by atoms with E-state index < -0.39 is 23.3 Å². The van der Waals surface area contributed by atoms with Gasteiger partial charge in [-0.15, -0.1) is 0 Å². The van der Waals surface area contributed by atoms with Crippen LogP contribution in [-0.4, -0.2) is 27.7 Å². The third-order valence-corrected chi connectivity index (χ3v) is 3.92. The Kier molecular flexibility index (Phi) is 2.18. The summed E-state index contributed by atoms with van der Waals surface area (Å²) in [6, 6.07) is -0.727. The average Bonchev–Trinajstić information content (AvgIpc) is 3.02. The lowest BCUT2D eigenvalue weighted by atomic mass is 10.0. The van der Waals surface area contributed by atoms with Gasteiger partial charge in [0.2, 0.25) is 11.8 Å². The highest BCUT2D eigenvalue weighted by atomic mass is 32.1. The molecule has 8 heteroatoms. The summed E-state index contributed by atoms with van der Waals surface area (Å²) in [6.07, 6.45) is 0.948. The summed E-state index contributed by atoms with van der Waals surface area (Å²) >= 11 is 0.964. The fourth-order valence-corrected chi connectivity index (χ4v) is 2.58. The molecule has 4 amide bonds. The number of thiazole rings is 1. The van der Waals surface area contributed by atoms with E-state index in [9.17, 15) is 19.2 Å². The van der Waals surface area contributed by atoms with Gasteiger partial charge in [-0.1, -0.05) is 11.3 Å². The lowest BCUT2D eigenvalue weighted by Gasteiger charge is -2.29. The van der Waals surface area contributed by atoms with Gasteiger partial charge in [-0.2, -0.15) is 0 Å². The molecule has 0 unspecified atom stereocenters. The van der Waals surface area contributed by atoms with Crippen molar-refractivity contribution in [3.8, 4) is 0 Å². The van der Waals surface area contributed by atoms with Crippen molar-refractivity contribution in [2.24, 2.45) is 5.41 Å². The van der Waals surface area contributed by atoms with Crippen LogP contribution in [0, 0.1) is 5.41 Å². The number of urea groups is 1. The second-order valence-corrected chi connectivity index (χ2v) is 5.25. The van der Waals surface area contributed by atoms with Crippen LogP contribution in [0.4, 0.5) is 4.79 Å². The number of H-pyrrole nitrogens is 1. The minimum absolute atomic E-state index is 0.0154. The molecule has 0 bridgehead atoms. The highest BCUT2D eigenvalue weighted by molar-refractivity contribution is 7.07. The van der Waals surface area contributed by atoms with E-state index in [-0.39, 0.29) is 11.4 Å². The Morgan fingerprint density at radius 3 is 2.56 bits per heavy atom. The molecule has 7 nitrogen and oxygen atoms in total.